The van der Waals surface area contributed by atoms with Crippen LogP contribution in [-0.2, 0) is 9.53 Å². The highest BCUT2D eigenvalue weighted by Gasteiger charge is 2.85. The fourth-order valence-electron chi connectivity index (χ4n) is 11.4. The summed E-state index contributed by atoms with van der Waals surface area (Å²) in [4.78, 5) is 13.1. The molecule has 11 atom stereocenters. The SMILES string of the molecule is C=C(CCC(CO)C1CCC2(C)C3CCC4C(C)(C(=O)OC)C(O)CC(O)C45CC35CCC12C)C(C)C. The highest BCUT2D eigenvalue weighted by molar-refractivity contribution is 5.78. The van der Waals surface area contributed by atoms with E-state index in [9.17, 15) is 20.1 Å². The van der Waals surface area contributed by atoms with E-state index in [4.69, 9.17) is 4.74 Å². The first kappa shape index (κ1) is 27.6. The molecule has 5 aliphatic rings. The average Bonchev–Trinajstić information content (AvgIpc) is 3.48. The van der Waals surface area contributed by atoms with Gasteiger partial charge in [0, 0.05) is 18.4 Å². The predicted molar refractivity (Wildman–Crippen MR) is 144 cm³/mol. The molecule has 0 aromatic carbocycles. The minimum atomic E-state index is -0.955. The number of aliphatic hydroxyl groups excluding tert-OH is 3. The lowest BCUT2D eigenvalue weighted by Crippen LogP contribution is -2.63. The van der Waals surface area contributed by atoms with Crippen LogP contribution < -0.4 is 0 Å². The smallest absolute Gasteiger partial charge is 0.314 e. The normalized spacial score (nSPS) is 50.9. The van der Waals surface area contributed by atoms with Crippen molar-refractivity contribution in [1.29, 1.82) is 0 Å². The predicted octanol–water partition coefficient (Wildman–Crippen LogP) is 5.51. The van der Waals surface area contributed by atoms with Crippen LogP contribution in [-0.4, -0.2) is 47.2 Å². The van der Waals surface area contributed by atoms with Crippen molar-refractivity contribution in [2.45, 2.75) is 111 Å². The Balaban J connectivity index is 1.45. The summed E-state index contributed by atoms with van der Waals surface area (Å²) in [6, 6.07) is 0. The standard InChI is InChI=1S/C32H52O5/c1-19(2)20(3)8-9-21(17-33)22-12-13-29(5)23-10-11-24-30(6,27(36)37-7)25(34)16-26(35)32(24)18-31(23,32)15-14-28(22,29)4/h19,21-26,33-35H,3,8-18H2,1-2,4-7H3. The lowest BCUT2D eigenvalue weighted by molar-refractivity contribution is -0.212. The van der Waals surface area contributed by atoms with E-state index in [-0.39, 0.29) is 46.6 Å². The molecule has 0 aromatic rings. The Morgan fingerprint density at radius 2 is 1.68 bits per heavy atom. The molecule has 5 aliphatic carbocycles. The molecule has 3 N–H and O–H groups in total. The second-order valence-corrected chi connectivity index (χ2v) is 14.9. The molecule has 5 saturated carbocycles. The first-order valence-corrected chi connectivity index (χ1v) is 15.0. The van der Waals surface area contributed by atoms with Gasteiger partial charge in [-0.3, -0.25) is 4.79 Å². The summed E-state index contributed by atoms with van der Waals surface area (Å²) in [5.41, 5.74) is 0.414. The maximum Gasteiger partial charge on any atom is 0.314 e. The van der Waals surface area contributed by atoms with E-state index < -0.39 is 17.6 Å². The Morgan fingerprint density at radius 1 is 1.00 bits per heavy atom. The first-order chi connectivity index (χ1) is 17.3. The third-order valence-electron chi connectivity index (χ3n) is 13.9. The van der Waals surface area contributed by atoms with Gasteiger partial charge in [0.1, 0.15) is 0 Å². The summed E-state index contributed by atoms with van der Waals surface area (Å²) in [6.45, 7) is 15.9. The van der Waals surface area contributed by atoms with Gasteiger partial charge in [0.2, 0.25) is 0 Å². The van der Waals surface area contributed by atoms with Gasteiger partial charge in [0.25, 0.3) is 0 Å². The van der Waals surface area contributed by atoms with Crippen LogP contribution in [0.3, 0.4) is 0 Å². The fraction of sp³-hybridized carbons (Fsp3) is 0.906. The van der Waals surface area contributed by atoms with Crippen molar-refractivity contribution < 1.29 is 24.9 Å². The summed E-state index contributed by atoms with van der Waals surface area (Å²) in [7, 11) is 1.42. The van der Waals surface area contributed by atoms with Crippen LogP contribution in [0.5, 0.6) is 0 Å². The van der Waals surface area contributed by atoms with Crippen LogP contribution in [0, 0.1) is 56.7 Å². The zero-order valence-corrected chi connectivity index (χ0v) is 24.2. The monoisotopic (exact) mass is 516 g/mol. The molecule has 0 saturated heterocycles. The molecule has 2 spiro atoms. The molecule has 11 unspecified atom stereocenters. The molecular weight excluding hydrogens is 464 g/mol. The van der Waals surface area contributed by atoms with Crippen molar-refractivity contribution in [2.24, 2.45) is 56.7 Å². The number of ether oxygens (including phenoxy) is 1. The Labute approximate surface area is 224 Å². The molecular formula is C32H52O5. The van der Waals surface area contributed by atoms with Gasteiger partial charge in [0.15, 0.2) is 0 Å². The number of hydrogen-bond acceptors (Lipinski definition) is 5. The lowest BCUT2D eigenvalue weighted by Gasteiger charge is -2.63. The van der Waals surface area contributed by atoms with Crippen molar-refractivity contribution >= 4 is 5.97 Å². The van der Waals surface area contributed by atoms with Crippen molar-refractivity contribution in [1.82, 2.24) is 0 Å². The van der Waals surface area contributed by atoms with Gasteiger partial charge in [-0.2, -0.15) is 0 Å². The highest BCUT2D eigenvalue weighted by atomic mass is 16.5. The van der Waals surface area contributed by atoms with Crippen molar-refractivity contribution in [3.63, 3.8) is 0 Å². The number of rotatable bonds is 7. The van der Waals surface area contributed by atoms with Gasteiger partial charge in [-0.05, 0) is 111 Å². The van der Waals surface area contributed by atoms with Crippen LogP contribution in [0.15, 0.2) is 12.2 Å². The number of hydrogen-bond donors (Lipinski definition) is 3. The third-order valence-corrected chi connectivity index (χ3v) is 13.9. The minimum absolute atomic E-state index is 0.0418. The van der Waals surface area contributed by atoms with Gasteiger partial charge in [-0.25, -0.2) is 0 Å². The Bertz CT molecular complexity index is 945. The number of methoxy groups -OCH3 is 1. The zero-order valence-electron chi connectivity index (χ0n) is 24.2. The number of carbonyl (C=O) groups is 1. The van der Waals surface area contributed by atoms with Gasteiger partial charge in [-0.15, -0.1) is 0 Å². The van der Waals surface area contributed by atoms with Gasteiger partial charge in [0.05, 0.1) is 24.7 Å². The summed E-state index contributed by atoms with van der Waals surface area (Å²) < 4.78 is 5.25. The van der Waals surface area contributed by atoms with E-state index in [1.807, 2.05) is 6.92 Å². The minimum Gasteiger partial charge on any atom is -0.469 e. The van der Waals surface area contributed by atoms with Crippen LogP contribution in [0.25, 0.3) is 0 Å². The number of fused-ring (bicyclic) bond motifs is 2. The molecule has 0 radical (unpaired) electrons. The number of allylic oxidation sites excluding steroid dienone is 1. The maximum absolute atomic E-state index is 13.1. The van der Waals surface area contributed by atoms with E-state index in [0.717, 1.165) is 51.4 Å². The van der Waals surface area contributed by atoms with Crippen LogP contribution in [0.4, 0.5) is 0 Å². The molecule has 5 fully saturated rings. The summed E-state index contributed by atoms with van der Waals surface area (Å²) in [5.74, 6) is 1.44. The maximum atomic E-state index is 13.1. The topological polar surface area (TPSA) is 87.0 Å². The molecule has 0 bridgehead atoms. The Morgan fingerprint density at radius 3 is 2.30 bits per heavy atom. The van der Waals surface area contributed by atoms with Gasteiger partial charge >= 0.3 is 5.97 Å². The van der Waals surface area contributed by atoms with Crippen LogP contribution in [0.1, 0.15) is 98.8 Å². The van der Waals surface area contributed by atoms with Crippen molar-refractivity contribution in [3.05, 3.63) is 12.2 Å². The molecule has 37 heavy (non-hydrogen) atoms. The second kappa shape index (κ2) is 8.80. The number of carbonyl (C=O) groups excluding carboxylic acids is 1. The molecule has 5 nitrogen and oxygen atoms in total. The highest BCUT2D eigenvalue weighted by Crippen LogP contribution is 2.89. The second-order valence-electron chi connectivity index (χ2n) is 14.9. The summed E-state index contributed by atoms with van der Waals surface area (Å²) >= 11 is 0. The number of aliphatic hydroxyl groups is 3. The molecule has 0 aliphatic heterocycles. The summed E-state index contributed by atoms with van der Waals surface area (Å²) in [5, 5.41) is 33.2. The van der Waals surface area contributed by atoms with Crippen LogP contribution in [0.2, 0.25) is 0 Å². The third kappa shape index (κ3) is 3.29. The number of esters is 1. The van der Waals surface area contributed by atoms with E-state index >= 15 is 0 Å². The average molecular weight is 517 g/mol. The Hall–Kier alpha value is -0.910. The van der Waals surface area contributed by atoms with E-state index in [2.05, 4.69) is 34.3 Å². The summed E-state index contributed by atoms with van der Waals surface area (Å²) in [6.07, 6.45) is 8.26. The van der Waals surface area contributed by atoms with E-state index in [1.165, 1.54) is 19.1 Å². The molecule has 5 heteroatoms. The lowest BCUT2D eigenvalue weighted by atomic mass is 9.41. The molecule has 0 aromatic heterocycles. The van der Waals surface area contributed by atoms with Gasteiger partial charge in [-0.1, -0.05) is 39.8 Å². The van der Waals surface area contributed by atoms with Crippen LogP contribution >= 0.6 is 0 Å². The quantitative estimate of drug-likeness (QED) is 0.307. The molecule has 210 valence electrons. The fourth-order valence-corrected chi connectivity index (χ4v) is 11.4. The zero-order chi connectivity index (χ0) is 27.2. The molecule has 5 rings (SSSR count). The first-order valence-electron chi connectivity index (χ1n) is 15.0. The largest absolute Gasteiger partial charge is 0.469 e. The van der Waals surface area contributed by atoms with Gasteiger partial charge < -0.3 is 20.1 Å². The Kier molecular flexibility index (Phi) is 6.57. The van der Waals surface area contributed by atoms with Crippen molar-refractivity contribution in [2.75, 3.05) is 13.7 Å². The van der Waals surface area contributed by atoms with E-state index in [1.54, 1.807) is 0 Å². The molecule has 0 heterocycles. The molecule has 0 amide bonds. The van der Waals surface area contributed by atoms with E-state index in [0.29, 0.717) is 23.7 Å². The van der Waals surface area contributed by atoms with Crippen molar-refractivity contribution in [3.8, 4) is 0 Å².